The minimum Gasteiger partial charge on any atom is -0.324 e. The largest absolute Gasteiger partial charge is 0.324 e. The molecule has 1 N–H and O–H groups in total. The summed E-state index contributed by atoms with van der Waals surface area (Å²) in [5, 5.41) is 7.10. The zero-order valence-corrected chi connectivity index (χ0v) is 17.3. The number of anilines is 1. The molecule has 2 heterocycles. The molecule has 7 nitrogen and oxygen atoms in total. The summed E-state index contributed by atoms with van der Waals surface area (Å²) in [6.45, 7) is 1.12. The first kappa shape index (κ1) is 20.3. The molecular weight excluding hydrogens is 400 g/mol. The molecule has 0 aliphatic carbocycles. The molecule has 1 saturated heterocycles. The highest BCUT2D eigenvalue weighted by molar-refractivity contribution is 7.89. The maximum absolute atomic E-state index is 13.0. The number of carbonyl (C=O) groups excluding carboxylic acids is 1. The molecule has 4 rings (SSSR count). The number of benzene rings is 2. The maximum atomic E-state index is 13.0. The Morgan fingerprint density at radius 2 is 1.63 bits per heavy atom. The number of hydrogen-bond acceptors (Lipinski definition) is 4. The van der Waals surface area contributed by atoms with Gasteiger partial charge in [0.05, 0.1) is 4.90 Å². The standard InChI is InChI=1S/C22H24N4O3S/c27-22(21(26-17-7-14-23-26)18-8-3-1-4-9-18)24-19-10-12-20(13-11-19)30(28,29)25-15-5-2-6-16-25/h1,3-4,7-14,17,21H,2,5-6,15-16H2,(H,24,27). The Kier molecular flexibility index (Phi) is 5.96. The van der Waals surface area contributed by atoms with Crippen LogP contribution in [0.2, 0.25) is 0 Å². The lowest BCUT2D eigenvalue weighted by Gasteiger charge is -2.26. The summed E-state index contributed by atoms with van der Waals surface area (Å²) in [6, 6.07) is 16.9. The first-order valence-corrected chi connectivity index (χ1v) is 11.4. The molecule has 0 radical (unpaired) electrons. The van der Waals surface area contributed by atoms with Crippen molar-refractivity contribution in [1.82, 2.24) is 14.1 Å². The van der Waals surface area contributed by atoms with Crippen molar-refractivity contribution in [3.8, 4) is 0 Å². The second kappa shape index (κ2) is 8.81. The molecule has 3 aromatic rings. The molecule has 1 aromatic heterocycles. The van der Waals surface area contributed by atoms with Gasteiger partial charge in [0.15, 0.2) is 6.04 Å². The van der Waals surface area contributed by atoms with E-state index in [-0.39, 0.29) is 10.8 Å². The van der Waals surface area contributed by atoms with Crippen molar-refractivity contribution in [3.63, 3.8) is 0 Å². The summed E-state index contributed by atoms with van der Waals surface area (Å²) in [5.74, 6) is -0.253. The van der Waals surface area contributed by atoms with E-state index in [0.717, 1.165) is 24.8 Å². The van der Waals surface area contributed by atoms with Crippen molar-refractivity contribution >= 4 is 21.6 Å². The van der Waals surface area contributed by atoms with Crippen LogP contribution < -0.4 is 5.32 Å². The number of hydrogen-bond donors (Lipinski definition) is 1. The molecule has 0 saturated carbocycles. The average molecular weight is 425 g/mol. The van der Waals surface area contributed by atoms with Gasteiger partial charge in [0, 0.05) is 31.2 Å². The van der Waals surface area contributed by atoms with E-state index in [4.69, 9.17) is 0 Å². The van der Waals surface area contributed by atoms with Crippen LogP contribution in [-0.4, -0.2) is 41.5 Å². The third-order valence-electron chi connectivity index (χ3n) is 5.23. The highest BCUT2D eigenvalue weighted by atomic mass is 32.2. The van der Waals surface area contributed by atoms with Crippen LogP contribution in [0.5, 0.6) is 0 Å². The van der Waals surface area contributed by atoms with Crippen molar-refractivity contribution in [2.45, 2.75) is 30.2 Å². The van der Waals surface area contributed by atoms with Gasteiger partial charge in [0.2, 0.25) is 10.0 Å². The predicted octanol–water partition coefficient (Wildman–Crippen LogP) is 3.29. The SMILES string of the molecule is O=C(Nc1ccc(S(=O)(=O)N2CCCCC2)cc1)C(c1ccccc1)n1cccn1. The zero-order valence-electron chi connectivity index (χ0n) is 16.5. The number of piperidine rings is 1. The summed E-state index contributed by atoms with van der Waals surface area (Å²) in [7, 11) is -3.50. The van der Waals surface area contributed by atoms with E-state index < -0.39 is 16.1 Å². The fourth-order valence-electron chi connectivity index (χ4n) is 3.67. The van der Waals surface area contributed by atoms with Gasteiger partial charge in [-0.3, -0.25) is 9.48 Å². The number of nitrogens with one attached hydrogen (secondary N) is 1. The highest BCUT2D eigenvalue weighted by Crippen LogP contribution is 2.24. The Balaban J connectivity index is 1.53. The van der Waals surface area contributed by atoms with E-state index in [1.165, 1.54) is 4.31 Å². The van der Waals surface area contributed by atoms with Crippen LogP contribution >= 0.6 is 0 Å². The van der Waals surface area contributed by atoms with Gasteiger partial charge >= 0.3 is 0 Å². The minimum atomic E-state index is -3.50. The van der Waals surface area contributed by atoms with Crippen molar-refractivity contribution in [1.29, 1.82) is 0 Å². The second-order valence-electron chi connectivity index (χ2n) is 7.28. The number of nitrogens with zero attached hydrogens (tertiary/aromatic N) is 3. The van der Waals surface area contributed by atoms with Crippen LogP contribution in [-0.2, 0) is 14.8 Å². The number of sulfonamides is 1. The molecule has 1 amide bonds. The van der Waals surface area contributed by atoms with Crippen LogP contribution in [0.1, 0.15) is 30.9 Å². The van der Waals surface area contributed by atoms with Crippen molar-refractivity contribution < 1.29 is 13.2 Å². The molecule has 2 aromatic carbocycles. The van der Waals surface area contributed by atoms with Crippen molar-refractivity contribution in [3.05, 3.63) is 78.6 Å². The van der Waals surface area contributed by atoms with E-state index >= 15 is 0 Å². The smallest absolute Gasteiger partial charge is 0.253 e. The van der Waals surface area contributed by atoms with E-state index in [1.807, 2.05) is 30.3 Å². The Labute approximate surface area is 176 Å². The molecule has 1 aliphatic rings. The summed E-state index contributed by atoms with van der Waals surface area (Å²) in [5.41, 5.74) is 1.34. The first-order valence-electron chi connectivity index (χ1n) is 10.0. The van der Waals surface area contributed by atoms with E-state index in [0.29, 0.717) is 18.8 Å². The molecule has 0 bridgehead atoms. The third-order valence-corrected chi connectivity index (χ3v) is 7.14. The molecule has 30 heavy (non-hydrogen) atoms. The predicted molar refractivity (Wildman–Crippen MR) is 114 cm³/mol. The topological polar surface area (TPSA) is 84.3 Å². The van der Waals surface area contributed by atoms with Crippen LogP contribution in [0.4, 0.5) is 5.69 Å². The van der Waals surface area contributed by atoms with Crippen LogP contribution in [0, 0.1) is 0 Å². The molecule has 1 fully saturated rings. The second-order valence-corrected chi connectivity index (χ2v) is 9.22. The number of amides is 1. The Bertz CT molecular complexity index is 1080. The molecule has 8 heteroatoms. The summed E-state index contributed by atoms with van der Waals surface area (Å²) < 4.78 is 28.7. The molecule has 1 atom stereocenters. The average Bonchev–Trinajstić information content (AvgIpc) is 3.30. The summed E-state index contributed by atoms with van der Waals surface area (Å²) in [6.07, 6.45) is 6.22. The minimum absolute atomic E-state index is 0.245. The van der Waals surface area contributed by atoms with Crippen molar-refractivity contribution in [2.24, 2.45) is 0 Å². The number of carbonyl (C=O) groups is 1. The molecule has 1 unspecified atom stereocenters. The van der Waals surface area contributed by atoms with Gasteiger partial charge in [0.25, 0.3) is 5.91 Å². The number of aromatic nitrogens is 2. The highest BCUT2D eigenvalue weighted by Gasteiger charge is 2.26. The lowest BCUT2D eigenvalue weighted by Crippen LogP contribution is -2.35. The van der Waals surface area contributed by atoms with E-state index in [1.54, 1.807) is 47.4 Å². The fraction of sp³-hybridized carbons (Fsp3) is 0.273. The lowest BCUT2D eigenvalue weighted by atomic mass is 10.1. The van der Waals surface area contributed by atoms with Gasteiger partial charge in [-0.15, -0.1) is 0 Å². The van der Waals surface area contributed by atoms with Gasteiger partial charge in [0.1, 0.15) is 0 Å². The van der Waals surface area contributed by atoms with Crippen LogP contribution in [0.3, 0.4) is 0 Å². The lowest BCUT2D eigenvalue weighted by molar-refractivity contribution is -0.118. The van der Waals surface area contributed by atoms with E-state index in [2.05, 4.69) is 10.4 Å². The van der Waals surface area contributed by atoms with Gasteiger partial charge < -0.3 is 5.32 Å². The third kappa shape index (κ3) is 4.29. The Morgan fingerprint density at radius 3 is 2.27 bits per heavy atom. The molecule has 156 valence electrons. The van der Waals surface area contributed by atoms with Gasteiger partial charge in [-0.05, 0) is 48.7 Å². The summed E-state index contributed by atoms with van der Waals surface area (Å²) in [4.78, 5) is 13.3. The van der Waals surface area contributed by atoms with Crippen LogP contribution in [0.25, 0.3) is 0 Å². The van der Waals surface area contributed by atoms with Gasteiger partial charge in [-0.1, -0.05) is 36.8 Å². The zero-order chi connectivity index (χ0) is 21.0. The quantitative estimate of drug-likeness (QED) is 0.658. The van der Waals surface area contributed by atoms with E-state index in [9.17, 15) is 13.2 Å². The number of rotatable bonds is 6. The first-order chi connectivity index (χ1) is 14.6. The fourth-order valence-corrected chi connectivity index (χ4v) is 5.19. The van der Waals surface area contributed by atoms with Gasteiger partial charge in [-0.25, -0.2) is 8.42 Å². The molecule has 1 aliphatic heterocycles. The van der Waals surface area contributed by atoms with Crippen molar-refractivity contribution in [2.75, 3.05) is 18.4 Å². The summed E-state index contributed by atoms with van der Waals surface area (Å²) >= 11 is 0. The normalized spacial score (nSPS) is 16.1. The Morgan fingerprint density at radius 1 is 0.933 bits per heavy atom. The van der Waals surface area contributed by atoms with Crippen LogP contribution in [0.15, 0.2) is 78.0 Å². The maximum Gasteiger partial charge on any atom is 0.253 e. The molecule has 0 spiro atoms. The van der Waals surface area contributed by atoms with Gasteiger partial charge in [-0.2, -0.15) is 9.40 Å². The Hall–Kier alpha value is -2.97. The molecular formula is C22H24N4O3S. The monoisotopic (exact) mass is 424 g/mol.